The van der Waals surface area contributed by atoms with Crippen molar-refractivity contribution in [3.8, 4) is 11.5 Å². The highest BCUT2D eigenvalue weighted by Gasteiger charge is 2.42. The Kier molecular flexibility index (Phi) is 5.62. The largest absolute Gasteiger partial charge is 0.503 e. The average Bonchev–Trinajstić information content (AvgIpc) is 3.04. The van der Waals surface area contributed by atoms with Gasteiger partial charge in [-0.1, -0.05) is 48.5 Å². The lowest BCUT2D eigenvalue weighted by Gasteiger charge is -2.28. The second-order valence-corrected chi connectivity index (χ2v) is 7.16. The van der Waals surface area contributed by atoms with Crippen LogP contribution in [0.15, 0.2) is 78.6 Å². The van der Waals surface area contributed by atoms with Gasteiger partial charge in [0.25, 0.3) is 5.91 Å². The van der Waals surface area contributed by atoms with E-state index < -0.39 is 23.5 Å². The number of rotatable bonds is 6. The van der Waals surface area contributed by atoms with Gasteiger partial charge in [0.2, 0.25) is 0 Å². The number of nitrogens with zero attached hydrogens (tertiary/aromatic N) is 1. The van der Waals surface area contributed by atoms with Gasteiger partial charge < -0.3 is 19.5 Å². The van der Waals surface area contributed by atoms with Crippen molar-refractivity contribution in [2.24, 2.45) is 0 Å². The number of halogens is 1. The van der Waals surface area contributed by atoms with Crippen molar-refractivity contribution in [3.63, 3.8) is 0 Å². The Morgan fingerprint density at radius 1 is 0.935 bits per heavy atom. The van der Waals surface area contributed by atoms with Crippen molar-refractivity contribution in [3.05, 3.63) is 101 Å². The maximum Gasteiger partial charge on any atom is 0.290 e. The Balaban J connectivity index is 1.83. The Hall–Kier alpha value is -3.80. The summed E-state index contributed by atoms with van der Waals surface area (Å²) in [4.78, 5) is 14.6. The summed E-state index contributed by atoms with van der Waals surface area (Å²) in [5.41, 5.74) is 2.03. The molecule has 3 aromatic rings. The normalized spacial score (nSPS) is 16.0. The molecule has 31 heavy (non-hydrogen) atoms. The molecule has 0 saturated heterocycles. The quantitative estimate of drug-likeness (QED) is 0.618. The Morgan fingerprint density at radius 2 is 1.61 bits per heavy atom. The molecule has 0 fully saturated rings. The molecule has 0 bridgehead atoms. The van der Waals surface area contributed by atoms with E-state index >= 15 is 0 Å². The zero-order valence-electron chi connectivity index (χ0n) is 17.2. The predicted octanol–water partition coefficient (Wildman–Crippen LogP) is 4.90. The molecule has 0 saturated carbocycles. The minimum Gasteiger partial charge on any atom is -0.503 e. The molecular weight excluding hydrogens is 397 g/mol. The number of aliphatic hydroxyl groups is 1. The number of ether oxygens (including phenoxy) is 2. The lowest BCUT2D eigenvalue weighted by atomic mass is 9.93. The molecular formula is C25H22FNO4. The molecule has 158 valence electrons. The summed E-state index contributed by atoms with van der Waals surface area (Å²) in [6.07, 6.45) is 0. The number of aliphatic hydroxyl groups excluding tert-OH is 1. The molecule has 0 unspecified atom stereocenters. The molecule has 4 rings (SSSR count). The summed E-state index contributed by atoms with van der Waals surface area (Å²) in [6.45, 7) is 0.144. The van der Waals surface area contributed by atoms with Crippen LogP contribution in [0.4, 0.5) is 4.39 Å². The standard InChI is InChI=1S/C25H22FNO4/c1-30-18-13-11-16(12-14-18)22-23(19-8-4-5-9-20(19)26)27(25(29)24(22)28)15-17-7-3-6-10-21(17)31-2/h3-14,23,28H,15H2,1-2H3/t23-/m1/s1. The molecule has 1 aliphatic rings. The van der Waals surface area contributed by atoms with Crippen molar-refractivity contribution < 1.29 is 23.8 Å². The molecule has 0 aromatic heterocycles. The van der Waals surface area contributed by atoms with E-state index in [9.17, 15) is 14.3 Å². The van der Waals surface area contributed by atoms with Gasteiger partial charge in [-0.25, -0.2) is 4.39 Å². The lowest BCUT2D eigenvalue weighted by molar-refractivity contribution is -0.130. The summed E-state index contributed by atoms with van der Waals surface area (Å²) < 4.78 is 25.5. The smallest absolute Gasteiger partial charge is 0.290 e. The van der Waals surface area contributed by atoms with Crippen molar-refractivity contribution in [1.29, 1.82) is 0 Å². The first-order valence-electron chi connectivity index (χ1n) is 9.80. The van der Waals surface area contributed by atoms with Crippen LogP contribution in [0.5, 0.6) is 11.5 Å². The van der Waals surface area contributed by atoms with E-state index in [-0.39, 0.29) is 6.54 Å². The fourth-order valence-corrected chi connectivity index (χ4v) is 3.92. The van der Waals surface area contributed by atoms with Gasteiger partial charge >= 0.3 is 0 Å². The molecule has 0 radical (unpaired) electrons. The molecule has 5 nitrogen and oxygen atoms in total. The summed E-state index contributed by atoms with van der Waals surface area (Å²) in [5.74, 6) is -0.161. The van der Waals surface area contributed by atoms with Gasteiger partial charge in [-0.3, -0.25) is 4.79 Å². The molecule has 0 spiro atoms. The molecule has 1 N–H and O–H groups in total. The number of amides is 1. The topological polar surface area (TPSA) is 59.0 Å². The van der Waals surface area contributed by atoms with E-state index in [1.165, 1.54) is 11.0 Å². The van der Waals surface area contributed by atoms with E-state index in [0.717, 1.165) is 5.56 Å². The Morgan fingerprint density at radius 3 is 2.29 bits per heavy atom. The molecule has 1 aliphatic heterocycles. The third-order valence-corrected chi connectivity index (χ3v) is 5.44. The minimum absolute atomic E-state index is 0.144. The lowest BCUT2D eigenvalue weighted by Crippen LogP contribution is -2.30. The van der Waals surface area contributed by atoms with Crippen molar-refractivity contribution in [2.75, 3.05) is 14.2 Å². The van der Waals surface area contributed by atoms with Crippen LogP contribution in [0.1, 0.15) is 22.7 Å². The van der Waals surface area contributed by atoms with E-state index in [2.05, 4.69) is 0 Å². The number of carbonyl (C=O) groups is 1. The van der Waals surface area contributed by atoms with E-state index in [1.807, 2.05) is 18.2 Å². The van der Waals surface area contributed by atoms with Gasteiger partial charge in [0, 0.05) is 16.7 Å². The molecule has 3 aromatic carbocycles. The van der Waals surface area contributed by atoms with Crippen LogP contribution in [0.3, 0.4) is 0 Å². The highest BCUT2D eigenvalue weighted by atomic mass is 19.1. The van der Waals surface area contributed by atoms with Gasteiger partial charge in [0.1, 0.15) is 17.3 Å². The van der Waals surface area contributed by atoms with Gasteiger partial charge in [0.15, 0.2) is 5.76 Å². The van der Waals surface area contributed by atoms with Gasteiger partial charge in [0.05, 0.1) is 26.8 Å². The zero-order valence-corrected chi connectivity index (χ0v) is 17.2. The first kappa shape index (κ1) is 20.5. The maximum absolute atomic E-state index is 14.9. The molecule has 1 heterocycles. The molecule has 1 amide bonds. The highest BCUT2D eigenvalue weighted by Crippen LogP contribution is 2.45. The second-order valence-electron chi connectivity index (χ2n) is 7.16. The van der Waals surface area contributed by atoms with E-state index in [0.29, 0.717) is 28.2 Å². The predicted molar refractivity (Wildman–Crippen MR) is 115 cm³/mol. The number of hydrogen-bond acceptors (Lipinski definition) is 4. The number of benzene rings is 3. The fourth-order valence-electron chi connectivity index (χ4n) is 3.92. The van der Waals surface area contributed by atoms with Crippen LogP contribution in [0.25, 0.3) is 5.57 Å². The maximum atomic E-state index is 14.9. The fraction of sp³-hybridized carbons (Fsp3) is 0.160. The van der Waals surface area contributed by atoms with Crippen LogP contribution in [0.2, 0.25) is 0 Å². The highest BCUT2D eigenvalue weighted by molar-refractivity contribution is 6.05. The third-order valence-electron chi connectivity index (χ3n) is 5.44. The van der Waals surface area contributed by atoms with Crippen LogP contribution in [-0.2, 0) is 11.3 Å². The zero-order chi connectivity index (χ0) is 22.0. The second kappa shape index (κ2) is 8.52. The number of para-hydroxylation sites is 1. The van der Waals surface area contributed by atoms with Gasteiger partial charge in [-0.2, -0.15) is 0 Å². The summed E-state index contributed by atoms with van der Waals surface area (Å²) in [7, 11) is 3.11. The Labute approximate surface area is 180 Å². The van der Waals surface area contributed by atoms with E-state index in [4.69, 9.17) is 9.47 Å². The minimum atomic E-state index is -0.799. The number of hydrogen-bond donors (Lipinski definition) is 1. The molecule has 0 aliphatic carbocycles. The van der Waals surface area contributed by atoms with Crippen molar-refractivity contribution >= 4 is 11.5 Å². The summed E-state index contributed by atoms with van der Waals surface area (Å²) >= 11 is 0. The van der Waals surface area contributed by atoms with Crippen LogP contribution in [0, 0.1) is 5.82 Å². The van der Waals surface area contributed by atoms with Crippen molar-refractivity contribution in [2.45, 2.75) is 12.6 Å². The van der Waals surface area contributed by atoms with E-state index in [1.54, 1.807) is 62.8 Å². The SMILES string of the molecule is COc1ccc(C2=C(O)C(=O)N(Cc3ccccc3OC)[C@@H]2c2ccccc2F)cc1. The van der Waals surface area contributed by atoms with Crippen LogP contribution >= 0.6 is 0 Å². The average molecular weight is 419 g/mol. The van der Waals surface area contributed by atoms with Gasteiger partial charge in [-0.05, 0) is 29.8 Å². The molecule has 1 atom stereocenters. The third kappa shape index (κ3) is 3.72. The monoisotopic (exact) mass is 419 g/mol. The summed E-state index contributed by atoms with van der Waals surface area (Å²) in [6, 6.07) is 19.8. The van der Waals surface area contributed by atoms with Crippen LogP contribution in [-0.4, -0.2) is 30.1 Å². The number of carbonyl (C=O) groups excluding carboxylic acids is 1. The van der Waals surface area contributed by atoms with Crippen molar-refractivity contribution in [1.82, 2.24) is 4.90 Å². The van der Waals surface area contributed by atoms with Gasteiger partial charge in [-0.15, -0.1) is 0 Å². The van der Waals surface area contributed by atoms with Crippen LogP contribution < -0.4 is 9.47 Å². The first-order chi connectivity index (χ1) is 15.0. The first-order valence-corrected chi connectivity index (χ1v) is 9.80. The summed E-state index contributed by atoms with van der Waals surface area (Å²) in [5, 5.41) is 10.8. The Bertz CT molecular complexity index is 1140. The number of methoxy groups -OCH3 is 2. The molecule has 6 heteroatoms.